The summed E-state index contributed by atoms with van der Waals surface area (Å²) in [7, 11) is 1.73. The highest BCUT2D eigenvalue weighted by Gasteiger charge is 2.49. The molecule has 4 fully saturated rings. The van der Waals surface area contributed by atoms with Gasteiger partial charge in [-0.15, -0.1) is 0 Å². The number of hydrogen-bond acceptors (Lipinski definition) is 3. The molecule has 110 valence electrons. The molecule has 5 rings (SSSR count). The molecule has 4 aliphatic carbocycles. The van der Waals surface area contributed by atoms with E-state index in [4.69, 9.17) is 15.6 Å². The Kier molecular flexibility index (Phi) is 3.02. The monoisotopic (exact) mass is 275 g/mol. The summed E-state index contributed by atoms with van der Waals surface area (Å²) in [5.74, 6) is 4.50. The molecule has 0 amide bonds. The summed E-state index contributed by atoms with van der Waals surface area (Å²) in [5.41, 5.74) is 7.33. The average molecular weight is 275 g/mol. The minimum absolute atomic E-state index is 0.569. The Bertz CT molecular complexity index is 468. The molecule has 1 aromatic rings. The van der Waals surface area contributed by atoms with Crippen LogP contribution in [0.5, 0.6) is 0 Å². The van der Waals surface area contributed by atoms with Crippen LogP contribution in [0.25, 0.3) is 0 Å². The lowest BCUT2D eigenvalue weighted by molar-refractivity contribution is -0.0329. The van der Waals surface area contributed by atoms with Crippen molar-refractivity contribution in [3.8, 4) is 0 Å². The zero-order chi connectivity index (χ0) is 13.7. The molecular formula is C16H25N3O. The van der Waals surface area contributed by atoms with E-state index in [0.717, 1.165) is 48.2 Å². The van der Waals surface area contributed by atoms with Crippen LogP contribution in [0.1, 0.15) is 43.8 Å². The van der Waals surface area contributed by atoms with Gasteiger partial charge >= 0.3 is 0 Å². The summed E-state index contributed by atoms with van der Waals surface area (Å²) in [6.45, 7) is 0.720. The van der Waals surface area contributed by atoms with Crippen LogP contribution in [0.3, 0.4) is 0 Å². The van der Waals surface area contributed by atoms with Gasteiger partial charge in [-0.1, -0.05) is 0 Å². The largest absolute Gasteiger partial charge is 0.384 e. The number of nitrogen functional groups attached to an aromatic ring is 1. The van der Waals surface area contributed by atoms with Crippen LogP contribution < -0.4 is 5.73 Å². The Morgan fingerprint density at radius 1 is 1.20 bits per heavy atom. The standard InChI is InChI=1S/C16H25N3O/c1-20-3-2-14-9-15(17)19(18-14)16-12-5-10-4-11(7-12)8-13(16)6-10/h9-13,16H,2-8,17H2,1H3. The van der Waals surface area contributed by atoms with Crippen molar-refractivity contribution < 1.29 is 4.74 Å². The molecule has 0 radical (unpaired) electrons. The van der Waals surface area contributed by atoms with Gasteiger partial charge in [0.2, 0.25) is 0 Å². The molecule has 0 aromatic carbocycles. The molecule has 2 N–H and O–H groups in total. The molecule has 4 heteroatoms. The highest BCUT2D eigenvalue weighted by Crippen LogP contribution is 2.58. The second-order valence-electron chi connectivity index (χ2n) is 7.17. The number of nitrogens with zero attached hydrogens (tertiary/aromatic N) is 2. The quantitative estimate of drug-likeness (QED) is 0.919. The molecule has 0 saturated heterocycles. The molecule has 1 aromatic heterocycles. The van der Waals surface area contributed by atoms with Gasteiger partial charge in [-0.3, -0.25) is 0 Å². The van der Waals surface area contributed by atoms with Crippen molar-refractivity contribution in [3.63, 3.8) is 0 Å². The maximum atomic E-state index is 6.25. The van der Waals surface area contributed by atoms with Crippen LogP contribution in [0.15, 0.2) is 6.07 Å². The Labute approximate surface area is 120 Å². The Morgan fingerprint density at radius 3 is 2.45 bits per heavy atom. The van der Waals surface area contributed by atoms with Gasteiger partial charge in [-0.2, -0.15) is 5.10 Å². The van der Waals surface area contributed by atoms with Crippen molar-refractivity contribution in [1.29, 1.82) is 0 Å². The van der Waals surface area contributed by atoms with Crippen LogP contribution in [0.4, 0.5) is 5.82 Å². The first-order valence-corrected chi connectivity index (χ1v) is 8.07. The van der Waals surface area contributed by atoms with Gasteiger partial charge in [0.25, 0.3) is 0 Å². The zero-order valence-corrected chi connectivity index (χ0v) is 12.3. The molecule has 0 unspecified atom stereocenters. The van der Waals surface area contributed by atoms with E-state index in [-0.39, 0.29) is 0 Å². The van der Waals surface area contributed by atoms with Crippen LogP contribution >= 0.6 is 0 Å². The first kappa shape index (κ1) is 12.7. The van der Waals surface area contributed by atoms with Crippen molar-refractivity contribution in [3.05, 3.63) is 11.8 Å². The number of nitrogens with two attached hydrogens (primary N) is 1. The second kappa shape index (κ2) is 4.76. The van der Waals surface area contributed by atoms with Crippen molar-refractivity contribution in [2.45, 2.75) is 44.6 Å². The zero-order valence-electron chi connectivity index (χ0n) is 12.3. The highest BCUT2D eigenvalue weighted by molar-refractivity contribution is 5.32. The van der Waals surface area contributed by atoms with Crippen molar-refractivity contribution >= 4 is 5.82 Å². The predicted molar refractivity (Wildman–Crippen MR) is 78.3 cm³/mol. The summed E-state index contributed by atoms with van der Waals surface area (Å²) in [4.78, 5) is 0. The number of hydrogen-bond donors (Lipinski definition) is 1. The van der Waals surface area contributed by atoms with Gasteiger partial charge in [-0.25, -0.2) is 4.68 Å². The first-order valence-electron chi connectivity index (χ1n) is 8.07. The molecule has 20 heavy (non-hydrogen) atoms. The molecule has 4 saturated carbocycles. The highest BCUT2D eigenvalue weighted by atomic mass is 16.5. The van der Waals surface area contributed by atoms with E-state index in [9.17, 15) is 0 Å². The van der Waals surface area contributed by atoms with E-state index in [1.165, 1.54) is 32.1 Å². The van der Waals surface area contributed by atoms with Gasteiger partial charge in [0, 0.05) is 19.6 Å². The first-order chi connectivity index (χ1) is 9.74. The minimum Gasteiger partial charge on any atom is -0.384 e. The third-order valence-corrected chi connectivity index (χ3v) is 5.84. The van der Waals surface area contributed by atoms with Crippen molar-refractivity contribution in [2.75, 3.05) is 19.5 Å². The number of methoxy groups -OCH3 is 1. The fraction of sp³-hybridized carbons (Fsp3) is 0.812. The van der Waals surface area contributed by atoms with Gasteiger partial charge in [0.1, 0.15) is 5.82 Å². The fourth-order valence-electron chi connectivity index (χ4n) is 5.33. The predicted octanol–water partition coefficient (Wildman–Crippen LogP) is 2.65. The van der Waals surface area contributed by atoms with E-state index in [0.29, 0.717) is 6.04 Å². The Balaban J connectivity index is 1.59. The lowest BCUT2D eigenvalue weighted by atomic mass is 9.54. The number of aromatic nitrogens is 2. The number of ether oxygens (including phenoxy) is 1. The average Bonchev–Trinajstić information content (AvgIpc) is 2.76. The lowest BCUT2D eigenvalue weighted by Gasteiger charge is -2.54. The third kappa shape index (κ3) is 1.96. The topological polar surface area (TPSA) is 53.1 Å². The molecule has 4 aliphatic rings. The van der Waals surface area contributed by atoms with Gasteiger partial charge in [0.05, 0.1) is 18.3 Å². The molecule has 1 heterocycles. The van der Waals surface area contributed by atoms with Gasteiger partial charge in [0.15, 0.2) is 0 Å². The molecule has 0 atom stereocenters. The Hall–Kier alpha value is -1.03. The number of rotatable bonds is 4. The Morgan fingerprint density at radius 2 is 1.85 bits per heavy atom. The lowest BCUT2D eigenvalue weighted by Crippen LogP contribution is -2.46. The maximum Gasteiger partial charge on any atom is 0.122 e. The summed E-state index contributed by atoms with van der Waals surface area (Å²) in [6.07, 6.45) is 7.98. The van der Waals surface area contributed by atoms with Gasteiger partial charge in [-0.05, 0) is 55.8 Å². The second-order valence-corrected chi connectivity index (χ2v) is 7.17. The SMILES string of the molecule is COCCc1cc(N)n(C2C3CC4CC(C3)CC2C4)n1. The van der Waals surface area contributed by atoms with Crippen LogP contribution in [-0.4, -0.2) is 23.5 Å². The van der Waals surface area contributed by atoms with Crippen molar-refractivity contribution in [1.82, 2.24) is 9.78 Å². The van der Waals surface area contributed by atoms with E-state index < -0.39 is 0 Å². The van der Waals surface area contributed by atoms with Crippen LogP contribution in [0, 0.1) is 23.7 Å². The fourth-order valence-corrected chi connectivity index (χ4v) is 5.33. The molecular weight excluding hydrogens is 250 g/mol. The van der Waals surface area contributed by atoms with E-state index in [1.54, 1.807) is 7.11 Å². The van der Waals surface area contributed by atoms with Crippen LogP contribution in [0.2, 0.25) is 0 Å². The summed E-state index contributed by atoms with van der Waals surface area (Å²) in [5, 5.41) is 4.81. The molecule has 0 spiro atoms. The van der Waals surface area contributed by atoms with E-state index in [1.807, 2.05) is 6.07 Å². The summed E-state index contributed by atoms with van der Waals surface area (Å²) < 4.78 is 7.31. The maximum absolute atomic E-state index is 6.25. The van der Waals surface area contributed by atoms with Crippen LogP contribution in [-0.2, 0) is 11.2 Å². The minimum atomic E-state index is 0.569. The molecule has 4 bridgehead atoms. The molecule has 0 aliphatic heterocycles. The van der Waals surface area contributed by atoms with E-state index >= 15 is 0 Å². The smallest absolute Gasteiger partial charge is 0.122 e. The third-order valence-electron chi connectivity index (χ3n) is 5.84. The van der Waals surface area contributed by atoms with E-state index in [2.05, 4.69) is 4.68 Å². The van der Waals surface area contributed by atoms with Gasteiger partial charge < -0.3 is 10.5 Å². The molecule has 4 nitrogen and oxygen atoms in total. The number of anilines is 1. The summed E-state index contributed by atoms with van der Waals surface area (Å²) >= 11 is 0. The normalized spacial score (nSPS) is 38.5. The summed E-state index contributed by atoms with van der Waals surface area (Å²) in [6, 6.07) is 2.61. The van der Waals surface area contributed by atoms with Crippen molar-refractivity contribution in [2.24, 2.45) is 23.7 Å².